The number of nitrogens with one attached hydrogen (secondary N) is 1. The molecule has 4 aliphatic heterocycles. The van der Waals surface area contributed by atoms with Gasteiger partial charge >= 0.3 is 0 Å². The molecule has 124 valence electrons. The molecule has 1 aromatic carbocycles. The van der Waals surface area contributed by atoms with Gasteiger partial charge in [-0.1, -0.05) is 22.0 Å². The first-order valence-corrected chi connectivity index (χ1v) is 9.28. The van der Waals surface area contributed by atoms with Gasteiger partial charge in [0.25, 0.3) is 6.02 Å². The third kappa shape index (κ3) is 2.40. The Morgan fingerprint density at radius 3 is 2.88 bits per heavy atom. The van der Waals surface area contributed by atoms with E-state index in [1.807, 2.05) is 18.3 Å². The van der Waals surface area contributed by atoms with Gasteiger partial charge in [-0.05, 0) is 49.5 Å². The standard InChI is InChI=1S/C18H19BrN4O/c19-15-2-1-12-9-20-16(8-13(12)7-15)22-17-21-10-18(24-17)11-23-5-3-14(18)4-6-23/h1-2,7-9,14H,3-6,10-11H2,(H,20,21,22). The second-order valence-corrected chi connectivity index (χ2v) is 7.94. The minimum atomic E-state index is -0.112. The van der Waals surface area contributed by atoms with E-state index in [1.165, 1.54) is 25.9 Å². The van der Waals surface area contributed by atoms with Crippen LogP contribution in [0.1, 0.15) is 12.8 Å². The van der Waals surface area contributed by atoms with E-state index in [4.69, 9.17) is 4.74 Å². The summed E-state index contributed by atoms with van der Waals surface area (Å²) in [6.45, 7) is 4.18. The van der Waals surface area contributed by atoms with Crippen LogP contribution in [0.2, 0.25) is 0 Å². The second kappa shape index (κ2) is 5.43. The first-order chi connectivity index (χ1) is 11.7. The van der Waals surface area contributed by atoms with E-state index >= 15 is 0 Å². The van der Waals surface area contributed by atoms with Crippen LogP contribution in [0.4, 0.5) is 5.82 Å². The summed E-state index contributed by atoms with van der Waals surface area (Å²) in [5, 5.41) is 5.52. The van der Waals surface area contributed by atoms with Crippen molar-refractivity contribution in [3.8, 4) is 0 Å². The van der Waals surface area contributed by atoms with Crippen molar-refractivity contribution < 1.29 is 4.74 Å². The number of nitrogens with zero attached hydrogens (tertiary/aromatic N) is 3. The molecule has 3 fully saturated rings. The van der Waals surface area contributed by atoms with Crippen LogP contribution in [0.25, 0.3) is 10.8 Å². The van der Waals surface area contributed by atoms with Crippen molar-refractivity contribution in [2.24, 2.45) is 10.9 Å². The maximum absolute atomic E-state index is 6.31. The highest BCUT2D eigenvalue weighted by Crippen LogP contribution is 2.40. The summed E-state index contributed by atoms with van der Waals surface area (Å²) in [4.78, 5) is 11.6. The van der Waals surface area contributed by atoms with E-state index in [-0.39, 0.29) is 5.60 Å². The Hall–Kier alpha value is -1.66. The SMILES string of the molecule is Brc1ccc2cnc(NC3=NCC4(CN5CCC4CC5)O3)cc2c1. The molecule has 0 radical (unpaired) electrons. The van der Waals surface area contributed by atoms with Crippen molar-refractivity contribution >= 4 is 38.5 Å². The molecule has 1 aromatic heterocycles. The molecule has 2 bridgehead atoms. The van der Waals surface area contributed by atoms with Crippen LogP contribution >= 0.6 is 15.9 Å². The average molecular weight is 387 g/mol. The quantitative estimate of drug-likeness (QED) is 0.816. The Balaban J connectivity index is 1.35. The first-order valence-electron chi connectivity index (χ1n) is 8.48. The molecule has 6 rings (SSSR count). The van der Waals surface area contributed by atoms with Gasteiger partial charge in [0, 0.05) is 28.5 Å². The van der Waals surface area contributed by atoms with E-state index in [9.17, 15) is 0 Å². The van der Waals surface area contributed by atoms with Gasteiger partial charge in [0.15, 0.2) is 0 Å². The van der Waals surface area contributed by atoms with E-state index in [2.05, 4.69) is 48.3 Å². The fourth-order valence-electron chi connectivity index (χ4n) is 4.24. The van der Waals surface area contributed by atoms with Gasteiger partial charge in [0.1, 0.15) is 11.4 Å². The van der Waals surface area contributed by atoms with Gasteiger partial charge in [-0.3, -0.25) is 10.2 Å². The number of benzene rings is 1. The summed E-state index contributed by atoms with van der Waals surface area (Å²) in [6, 6.07) is 8.83. The predicted molar refractivity (Wildman–Crippen MR) is 98.3 cm³/mol. The van der Waals surface area contributed by atoms with Crippen LogP contribution < -0.4 is 5.32 Å². The number of amidine groups is 1. The Kier molecular flexibility index (Phi) is 3.31. The minimum absolute atomic E-state index is 0.112. The van der Waals surface area contributed by atoms with Crippen LogP contribution in [0.15, 0.2) is 39.9 Å². The van der Waals surface area contributed by atoms with E-state index in [0.717, 1.165) is 34.2 Å². The third-order valence-electron chi connectivity index (χ3n) is 5.53. The zero-order chi connectivity index (χ0) is 16.1. The normalized spacial score (nSPS) is 31.3. The van der Waals surface area contributed by atoms with Crippen LogP contribution in [0.5, 0.6) is 0 Å². The Morgan fingerprint density at radius 2 is 2.08 bits per heavy atom. The van der Waals surface area contributed by atoms with Crippen LogP contribution in [0, 0.1) is 5.92 Å². The van der Waals surface area contributed by atoms with Crippen LogP contribution in [-0.2, 0) is 4.74 Å². The Bertz CT molecular complexity index is 831. The lowest BCUT2D eigenvalue weighted by atomic mass is 9.75. The van der Waals surface area contributed by atoms with Gasteiger partial charge in [-0.2, -0.15) is 0 Å². The lowest BCUT2D eigenvalue weighted by Gasteiger charge is -2.50. The Morgan fingerprint density at radius 1 is 1.21 bits per heavy atom. The fraction of sp³-hybridized carbons (Fsp3) is 0.444. The maximum atomic E-state index is 6.31. The van der Waals surface area contributed by atoms with Crippen LogP contribution in [-0.4, -0.2) is 47.7 Å². The molecule has 1 N–H and O–H groups in total. The van der Waals surface area contributed by atoms with Gasteiger partial charge in [0.05, 0.1) is 6.54 Å². The molecule has 0 amide bonds. The van der Waals surface area contributed by atoms with Crippen molar-refractivity contribution in [3.63, 3.8) is 0 Å². The molecule has 24 heavy (non-hydrogen) atoms. The number of ether oxygens (including phenoxy) is 1. The van der Waals surface area contributed by atoms with Gasteiger partial charge in [-0.15, -0.1) is 0 Å². The predicted octanol–water partition coefficient (Wildman–Crippen LogP) is 3.26. The van der Waals surface area contributed by atoms with Crippen molar-refractivity contribution in [1.29, 1.82) is 0 Å². The number of aromatic nitrogens is 1. The zero-order valence-electron chi connectivity index (χ0n) is 13.3. The molecular formula is C18H19BrN4O. The number of hydrogen-bond donors (Lipinski definition) is 1. The molecule has 2 aromatic rings. The van der Waals surface area contributed by atoms with Gasteiger partial charge in [0.2, 0.25) is 0 Å². The van der Waals surface area contributed by atoms with Crippen molar-refractivity contribution in [1.82, 2.24) is 9.88 Å². The summed E-state index contributed by atoms with van der Waals surface area (Å²) in [7, 11) is 0. The summed E-state index contributed by atoms with van der Waals surface area (Å²) in [5.41, 5.74) is -0.112. The number of hydrogen-bond acceptors (Lipinski definition) is 5. The second-order valence-electron chi connectivity index (χ2n) is 7.02. The number of aliphatic imine (C=N–C) groups is 1. The van der Waals surface area contributed by atoms with E-state index in [1.54, 1.807) is 0 Å². The molecular weight excluding hydrogens is 368 g/mol. The molecule has 1 spiro atoms. The highest BCUT2D eigenvalue weighted by atomic mass is 79.9. The fourth-order valence-corrected chi connectivity index (χ4v) is 4.62. The van der Waals surface area contributed by atoms with Gasteiger partial charge in [-0.25, -0.2) is 9.98 Å². The van der Waals surface area contributed by atoms with Crippen LogP contribution in [0.3, 0.4) is 0 Å². The third-order valence-corrected chi connectivity index (χ3v) is 6.03. The topological polar surface area (TPSA) is 49.8 Å². The molecule has 1 atom stereocenters. The largest absolute Gasteiger partial charge is 0.455 e. The molecule has 0 saturated carbocycles. The summed E-state index contributed by atoms with van der Waals surface area (Å²) in [6.07, 6.45) is 4.33. The molecule has 3 saturated heterocycles. The zero-order valence-corrected chi connectivity index (χ0v) is 14.9. The van der Waals surface area contributed by atoms with E-state index < -0.39 is 0 Å². The monoisotopic (exact) mass is 386 g/mol. The summed E-state index contributed by atoms with van der Waals surface area (Å²) >= 11 is 3.52. The van der Waals surface area contributed by atoms with Gasteiger partial charge < -0.3 is 4.74 Å². The molecule has 6 heteroatoms. The number of halogens is 1. The smallest absolute Gasteiger partial charge is 0.291 e. The highest BCUT2D eigenvalue weighted by Gasteiger charge is 2.51. The molecule has 1 unspecified atom stereocenters. The molecule has 4 aliphatic rings. The van der Waals surface area contributed by atoms with Crippen molar-refractivity contribution in [2.45, 2.75) is 18.4 Å². The number of anilines is 1. The average Bonchev–Trinajstić information content (AvgIpc) is 2.97. The summed E-state index contributed by atoms with van der Waals surface area (Å²) < 4.78 is 7.37. The van der Waals surface area contributed by atoms with Crippen molar-refractivity contribution in [2.75, 3.05) is 31.5 Å². The number of pyridine rings is 1. The maximum Gasteiger partial charge on any atom is 0.291 e. The lowest BCUT2D eigenvalue weighted by Crippen LogP contribution is -2.61. The Labute approximate surface area is 149 Å². The van der Waals surface area contributed by atoms with E-state index in [0.29, 0.717) is 11.9 Å². The molecule has 0 aliphatic carbocycles. The van der Waals surface area contributed by atoms with Crippen molar-refractivity contribution in [3.05, 3.63) is 34.9 Å². The lowest BCUT2D eigenvalue weighted by molar-refractivity contribution is -0.0829. The highest BCUT2D eigenvalue weighted by molar-refractivity contribution is 9.10. The number of fused-ring (bicyclic) bond motifs is 3. The minimum Gasteiger partial charge on any atom is -0.455 e. The first kappa shape index (κ1) is 14.7. The number of rotatable bonds is 1. The molecule has 5 nitrogen and oxygen atoms in total. The number of piperidine rings is 3. The summed E-state index contributed by atoms with van der Waals surface area (Å²) in [5.74, 6) is 1.41. The molecule has 5 heterocycles.